The van der Waals surface area contributed by atoms with Crippen molar-refractivity contribution in [2.24, 2.45) is 0 Å². The van der Waals surface area contributed by atoms with Gasteiger partial charge in [-0.3, -0.25) is 4.98 Å². The molecule has 0 radical (unpaired) electrons. The van der Waals surface area contributed by atoms with Crippen LogP contribution in [-0.2, 0) is 0 Å². The molecular weight excluding hydrogens is 244 g/mol. The molecule has 0 saturated heterocycles. The fourth-order valence-electron chi connectivity index (χ4n) is 1.15. The molecule has 14 heavy (non-hydrogen) atoms. The van der Waals surface area contributed by atoms with E-state index in [-0.39, 0.29) is 0 Å². The summed E-state index contributed by atoms with van der Waals surface area (Å²) < 4.78 is 0.984. The fraction of sp³-hybridized carbons (Fsp3) is 0.500. The van der Waals surface area contributed by atoms with Crippen molar-refractivity contribution in [1.82, 2.24) is 4.98 Å². The number of halogens is 1. The number of pyridine rings is 1. The number of hydrogen-bond acceptors (Lipinski definition) is 3. The van der Waals surface area contributed by atoms with Crippen molar-refractivity contribution in [2.45, 2.75) is 19.3 Å². The van der Waals surface area contributed by atoms with E-state index in [2.05, 4.69) is 26.2 Å². The number of hydrogen-bond donors (Lipinski definition) is 2. The first kappa shape index (κ1) is 11.5. The van der Waals surface area contributed by atoms with Gasteiger partial charge in [-0.2, -0.15) is 0 Å². The van der Waals surface area contributed by atoms with Crippen LogP contribution < -0.4 is 5.32 Å². The Kier molecular flexibility index (Phi) is 5.56. The maximum atomic E-state index is 8.58. The average molecular weight is 259 g/mol. The van der Waals surface area contributed by atoms with Crippen molar-refractivity contribution in [3.63, 3.8) is 0 Å². The molecule has 0 spiro atoms. The highest BCUT2D eigenvalue weighted by molar-refractivity contribution is 9.10. The van der Waals surface area contributed by atoms with Crippen LogP contribution in [0, 0.1) is 0 Å². The fourth-order valence-corrected chi connectivity index (χ4v) is 1.52. The van der Waals surface area contributed by atoms with E-state index in [0.29, 0.717) is 6.61 Å². The second kappa shape index (κ2) is 6.79. The van der Waals surface area contributed by atoms with Crippen molar-refractivity contribution in [3.05, 3.63) is 22.9 Å². The minimum Gasteiger partial charge on any atom is -0.396 e. The molecule has 0 aromatic carbocycles. The van der Waals surface area contributed by atoms with Crippen LogP contribution in [0.5, 0.6) is 0 Å². The molecule has 78 valence electrons. The lowest BCUT2D eigenvalue weighted by atomic mass is 10.2. The molecule has 0 bridgehead atoms. The number of anilines is 1. The number of nitrogens with one attached hydrogen (secondary N) is 1. The van der Waals surface area contributed by atoms with Crippen LogP contribution >= 0.6 is 15.9 Å². The van der Waals surface area contributed by atoms with E-state index in [4.69, 9.17) is 5.11 Å². The first-order valence-electron chi connectivity index (χ1n) is 4.78. The number of nitrogens with zero attached hydrogens (tertiary/aromatic N) is 1. The van der Waals surface area contributed by atoms with Gasteiger partial charge in [0.1, 0.15) is 0 Å². The Morgan fingerprint density at radius 2 is 2.14 bits per heavy atom. The van der Waals surface area contributed by atoms with E-state index >= 15 is 0 Å². The molecular formula is C10H15BrN2O. The average Bonchev–Trinajstić information content (AvgIpc) is 2.18. The van der Waals surface area contributed by atoms with Crippen molar-refractivity contribution in [1.29, 1.82) is 0 Å². The third kappa shape index (κ3) is 4.58. The molecule has 0 amide bonds. The van der Waals surface area contributed by atoms with Gasteiger partial charge in [0.25, 0.3) is 0 Å². The molecule has 1 heterocycles. The van der Waals surface area contributed by atoms with Crippen LogP contribution in [0.2, 0.25) is 0 Å². The minimum atomic E-state index is 0.290. The minimum absolute atomic E-state index is 0.290. The molecule has 1 aromatic heterocycles. The zero-order valence-corrected chi connectivity index (χ0v) is 9.63. The van der Waals surface area contributed by atoms with Gasteiger partial charge in [-0.15, -0.1) is 0 Å². The van der Waals surface area contributed by atoms with E-state index in [1.807, 2.05) is 6.07 Å². The summed E-state index contributed by atoms with van der Waals surface area (Å²) in [4.78, 5) is 4.05. The number of rotatable bonds is 6. The molecule has 0 saturated carbocycles. The third-order valence-corrected chi connectivity index (χ3v) is 2.30. The molecule has 0 aliphatic rings. The van der Waals surface area contributed by atoms with E-state index in [0.717, 1.165) is 36.0 Å². The Morgan fingerprint density at radius 3 is 2.86 bits per heavy atom. The lowest BCUT2D eigenvalue weighted by Gasteiger charge is -2.05. The molecule has 0 fully saturated rings. The molecule has 2 N–H and O–H groups in total. The van der Waals surface area contributed by atoms with Gasteiger partial charge in [0, 0.05) is 23.8 Å². The van der Waals surface area contributed by atoms with Crippen LogP contribution in [0.3, 0.4) is 0 Å². The molecule has 1 rings (SSSR count). The Labute approximate surface area is 92.7 Å². The monoisotopic (exact) mass is 258 g/mol. The Bertz CT molecular complexity index is 268. The summed E-state index contributed by atoms with van der Waals surface area (Å²) in [5.41, 5.74) is 1.03. The second-order valence-corrected chi connectivity index (χ2v) is 4.02. The molecule has 0 atom stereocenters. The lowest BCUT2D eigenvalue weighted by molar-refractivity contribution is 0.283. The normalized spacial score (nSPS) is 10.1. The summed E-state index contributed by atoms with van der Waals surface area (Å²) in [7, 11) is 0. The van der Waals surface area contributed by atoms with Gasteiger partial charge in [-0.1, -0.05) is 0 Å². The zero-order valence-electron chi connectivity index (χ0n) is 8.04. The lowest BCUT2D eigenvalue weighted by Crippen LogP contribution is -2.01. The van der Waals surface area contributed by atoms with Gasteiger partial charge < -0.3 is 10.4 Å². The van der Waals surface area contributed by atoms with Crippen molar-refractivity contribution in [3.8, 4) is 0 Å². The quantitative estimate of drug-likeness (QED) is 0.771. The van der Waals surface area contributed by atoms with Crippen LogP contribution in [0.25, 0.3) is 0 Å². The van der Waals surface area contributed by atoms with E-state index in [1.54, 1.807) is 12.4 Å². The van der Waals surface area contributed by atoms with Gasteiger partial charge in [0.2, 0.25) is 0 Å². The highest BCUT2D eigenvalue weighted by Gasteiger charge is 1.93. The molecule has 4 heteroatoms. The van der Waals surface area contributed by atoms with Gasteiger partial charge in [0.05, 0.1) is 11.9 Å². The molecule has 0 aliphatic heterocycles. The maximum Gasteiger partial charge on any atom is 0.0538 e. The van der Waals surface area contributed by atoms with Gasteiger partial charge in [-0.25, -0.2) is 0 Å². The van der Waals surface area contributed by atoms with E-state index in [1.165, 1.54) is 0 Å². The summed E-state index contributed by atoms with van der Waals surface area (Å²) in [6.07, 6.45) is 6.59. The SMILES string of the molecule is OCCCCCNc1cncc(Br)c1. The molecule has 1 aromatic rings. The van der Waals surface area contributed by atoms with Crippen LogP contribution in [0.4, 0.5) is 5.69 Å². The van der Waals surface area contributed by atoms with Crippen LogP contribution in [0.1, 0.15) is 19.3 Å². The van der Waals surface area contributed by atoms with E-state index in [9.17, 15) is 0 Å². The molecule has 0 unspecified atom stereocenters. The topological polar surface area (TPSA) is 45.1 Å². The summed E-state index contributed by atoms with van der Waals surface area (Å²) in [5, 5.41) is 11.9. The first-order valence-corrected chi connectivity index (χ1v) is 5.57. The molecule has 0 aliphatic carbocycles. The highest BCUT2D eigenvalue weighted by atomic mass is 79.9. The number of aliphatic hydroxyl groups is 1. The summed E-state index contributed by atoms with van der Waals surface area (Å²) in [6, 6.07) is 2.00. The predicted octanol–water partition coefficient (Wildman–Crippen LogP) is 2.42. The Hall–Kier alpha value is -0.610. The Balaban J connectivity index is 2.18. The number of aromatic nitrogens is 1. The standard InChI is InChI=1S/C10H15BrN2O/c11-9-6-10(8-12-7-9)13-4-2-1-3-5-14/h6-8,13-14H,1-5H2. The van der Waals surface area contributed by atoms with Crippen molar-refractivity contribution < 1.29 is 5.11 Å². The summed E-state index contributed by atoms with van der Waals surface area (Å²) >= 11 is 3.36. The van der Waals surface area contributed by atoms with Crippen molar-refractivity contribution in [2.75, 3.05) is 18.5 Å². The predicted molar refractivity (Wildman–Crippen MR) is 61.4 cm³/mol. The largest absolute Gasteiger partial charge is 0.396 e. The first-order chi connectivity index (χ1) is 6.83. The zero-order chi connectivity index (χ0) is 10.2. The number of unbranched alkanes of at least 4 members (excludes halogenated alkanes) is 2. The van der Waals surface area contributed by atoms with Crippen molar-refractivity contribution >= 4 is 21.6 Å². The summed E-state index contributed by atoms with van der Waals surface area (Å²) in [6.45, 7) is 1.22. The summed E-state index contributed by atoms with van der Waals surface area (Å²) in [5.74, 6) is 0. The molecule has 3 nitrogen and oxygen atoms in total. The Morgan fingerprint density at radius 1 is 1.29 bits per heavy atom. The highest BCUT2D eigenvalue weighted by Crippen LogP contribution is 2.13. The van der Waals surface area contributed by atoms with Gasteiger partial charge in [-0.05, 0) is 41.3 Å². The smallest absolute Gasteiger partial charge is 0.0538 e. The van der Waals surface area contributed by atoms with Crippen LogP contribution in [-0.4, -0.2) is 23.2 Å². The van der Waals surface area contributed by atoms with Gasteiger partial charge in [0.15, 0.2) is 0 Å². The maximum absolute atomic E-state index is 8.58. The second-order valence-electron chi connectivity index (χ2n) is 3.10. The van der Waals surface area contributed by atoms with E-state index < -0.39 is 0 Å². The number of aliphatic hydroxyl groups excluding tert-OH is 1. The van der Waals surface area contributed by atoms with Gasteiger partial charge >= 0.3 is 0 Å². The van der Waals surface area contributed by atoms with Crippen LogP contribution in [0.15, 0.2) is 22.9 Å². The third-order valence-electron chi connectivity index (χ3n) is 1.87.